The van der Waals surface area contributed by atoms with E-state index in [1.165, 1.54) is 24.3 Å². The van der Waals surface area contributed by atoms with Crippen LogP contribution < -0.4 is 0 Å². The summed E-state index contributed by atoms with van der Waals surface area (Å²) < 4.78 is 40.0. The summed E-state index contributed by atoms with van der Waals surface area (Å²) in [6.07, 6.45) is 0. The molecule has 7 heteroatoms. The second-order valence-electron chi connectivity index (χ2n) is 5.85. The van der Waals surface area contributed by atoms with E-state index >= 15 is 0 Å². The molecule has 1 saturated heterocycles. The molecule has 26 heavy (non-hydrogen) atoms. The van der Waals surface area contributed by atoms with Crippen LogP contribution in [0.1, 0.15) is 25.3 Å². The Morgan fingerprint density at radius 1 is 1.15 bits per heavy atom. The zero-order chi connectivity index (χ0) is 19.8. The van der Waals surface area contributed by atoms with Crippen LogP contribution in [0.3, 0.4) is 0 Å². The number of aryl methyl sites for hydroxylation is 1. The number of hydrogen-bond donors (Lipinski definition) is 0. The normalized spacial score (nSPS) is 23.2. The number of carbonyl (C=O) groups excluding carboxylic acids is 2. The van der Waals surface area contributed by atoms with E-state index in [1.807, 2.05) is 0 Å². The van der Waals surface area contributed by atoms with Gasteiger partial charge in [-0.3, -0.25) is 4.79 Å². The highest BCUT2D eigenvalue weighted by Gasteiger charge is 2.58. The Kier molecular flexibility index (Phi) is 4.46. The topological polar surface area (TPSA) is 80.8 Å². The lowest BCUT2D eigenvalue weighted by Gasteiger charge is -2.44. The second-order valence-corrected chi connectivity index (χ2v) is 7.67. The van der Waals surface area contributed by atoms with Gasteiger partial charge in [0.05, 0.1) is 17.4 Å². The summed E-state index contributed by atoms with van der Waals surface area (Å²) in [6.45, 7) is 3.38. The standard InChI is InChI=1S/C19H19NO5S/c1-3-25-19(22)17-16(14-7-5-4-6-8-14)18(21)20(17)26(23,24)15-11-9-13(2)10-12-15/h4-12,16-17H,3H2,1-2H3/t16-,17-/m1/s1/i16D. The third-order valence-corrected chi connectivity index (χ3v) is 5.87. The minimum Gasteiger partial charge on any atom is -0.464 e. The van der Waals surface area contributed by atoms with Gasteiger partial charge in [0.2, 0.25) is 5.91 Å². The van der Waals surface area contributed by atoms with Crippen LogP contribution in [0, 0.1) is 6.92 Å². The highest BCUT2D eigenvalue weighted by atomic mass is 32.2. The zero-order valence-corrected chi connectivity index (χ0v) is 15.2. The van der Waals surface area contributed by atoms with E-state index in [4.69, 9.17) is 6.11 Å². The van der Waals surface area contributed by atoms with Gasteiger partial charge in [-0.25, -0.2) is 17.5 Å². The van der Waals surface area contributed by atoms with Crippen molar-refractivity contribution in [3.05, 3.63) is 65.7 Å². The fourth-order valence-corrected chi connectivity index (χ4v) is 4.30. The number of amides is 1. The third-order valence-electron chi connectivity index (χ3n) is 4.11. The highest BCUT2D eigenvalue weighted by Crippen LogP contribution is 2.40. The number of ether oxygens (including phenoxy) is 1. The van der Waals surface area contributed by atoms with E-state index in [0.717, 1.165) is 5.56 Å². The Morgan fingerprint density at radius 3 is 2.35 bits per heavy atom. The summed E-state index contributed by atoms with van der Waals surface area (Å²) in [4.78, 5) is 25.2. The minimum atomic E-state index is -4.30. The molecule has 1 aliphatic rings. The number of β-lactam (4-membered cyclic amide) rings is 1. The van der Waals surface area contributed by atoms with Gasteiger partial charge >= 0.3 is 5.97 Å². The average Bonchev–Trinajstić information content (AvgIpc) is 2.65. The maximum atomic E-state index is 13.0. The molecule has 0 unspecified atom stereocenters. The van der Waals surface area contributed by atoms with Crippen molar-refractivity contribution in [1.29, 1.82) is 0 Å². The van der Waals surface area contributed by atoms with Crippen LogP contribution in [-0.2, 0) is 24.3 Å². The minimum absolute atomic E-state index is 0.00676. The van der Waals surface area contributed by atoms with Gasteiger partial charge in [0, 0.05) is 1.37 Å². The predicted octanol–water partition coefficient (Wildman–Crippen LogP) is 2.24. The zero-order valence-electron chi connectivity index (χ0n) is 15.4. The molecule has 3 rings (SSSR count). The Labute approximate surface area is 153 Å². The molecule has 0 radical (unpaired) electrons. The van der Waals surface area contributed by atoms with Crippen LogP contribution in [0.25, 0.3) is 0 Å². The van der Waals surface area contributed by atoms with Crippen LogP contribution in [0.5, 0.6) is 0 Å². The van der Waals surface area contributed by atoms with Crippen molar-refractivity contribution < 1.29 is 24.1 Å². The van der Waals surface area contributed by atoms with Crippen molar-refractivity contribution in [3.63, 3.8) is 0 Å². The smallest absolute Gasteiger partial charge is 0.331 e. The Morgan fingerprint density at radius 2 is 1.77 bits per heavy atom. The molecule has 136 valence electrons. The number of benzene rings is 2. The van der Waals surface area contributed by atoms with Crippen molar-refractivity contribution in [3.8, 4) is 0 Å². The molecule has 2 aromatic rings. The number of hydrogen-bond acceptors (Lipinski definition) is 5. The predicted molar refractivity (Wildman–Crippen MR) is 94.8 cm³/mol. The van der Waals surface area contributed by atoms with Gasteiger partial charge in [-0.05, 0) is 31.5 Å². The molecule has 2 atom stereocenters. The molecule has 0 spiro atoms. The van der Waals surface area contributed by atoms with Crippen molar-refractivity contribution in [2.45, 2.75) is 30.7 Å². The second kappa shape index (κ2) is 6.92. The van der Waals surface area contributed by atoms with E-state index in [9.17, 15) is 18.0 Å². The molecule has 6 nitrogen and oxygen atoms in total. The van der Waals surface area contributed by atoms with Crippen LogP contribution in [0.2, 0.25) is 0 Å². The van der Waals surface area contributed by atoms with E-state index in [-0.39, 0.29) is 17.1 Å². The van der Waals surface area contributed by atoms with Crippen molar-refractivity contribution in [2.75, 3.05) is 6.61 Å². The lowest BCUT2D eigenvalue weighted by Crippen LogP contribution is -2.64. The van der Waals surface area contributed by atoms with Gasteiger partial charge in [-0.2, -0.15) is 0 Å². The Hall–Kier alpha value is -2.67. The number of carbonyl (C=O) groups is 2. The summed E-state index contributed by atoms with van der Waals surface area (Å²) in [5.74, 6) is -3.95. The molecule has 0 saturated carbocycles. The SMILES string of the molecule is [2H][C@]1(c2ccccc2)C(=O)N(S(=O)(=O)c2ccc(C)cc2)[C@H]1C(=O)OCC. The summed E-state index contributed by atoms with van der Waals surface area (Å²) in [6, 6.07) is 12.3. The molecular formula is C19H19NO5S. The molecular weight excluding hydrogens is 354 g/mol. The maximum Gasteiger partial charge on any atom is 0.331 e. The van der Waals surface area contributed by atoms with Gasteiger partial charge < -0.3 is 4.74 Å². The fourth-order valence-electron chi connectivity index (χ4n) is 2.81. The number of esters is 1. The molecule has 1 heterocycles. The molecule has 1 aliphatic heterocycles. The number of rotatable bonds is 5. The largest absolute Gasteiger partial charge is 0.464 e. The maximum absolute atomic E-state index is 13.0. The fraction of sp³-hybridized carbons (Fsp3) is 0.263. The lowest BCUT2D eigenvalue weighted by atomic mass is 9.84. The first-order valence-corrected chi connectivity index (χ1v) is 9.56. The van der Waals surface area contributed by atoms with Gasteiger partial charge in [0.15, 0.2) is 6.04 Å². The summed E-state index contributed by atoms with van der Waals surface area (Å²) in [7, 11) is -4.30. The van der Waals surface area contributed by atoms with Crippen molar-refractivity contribution in [2.24, 2.45) is 0 Å². The first-order chi connectivity index (χ1) is 12.7. The lowest BCUT2D eigenvalue weighted by molar-refractivity contribution is -0.162. The molecule has 0 aromatic heterocycles. The Balaban J connectivity index is 2.09. The van der Waals surface area contributed by atoms with Crippen LogP contribution in [0.4, 0.5) is 0 Å². The molecule has 0 aliphatic carbocycles. The van der Waals surface area contributed by atoms with Crippen LogP contribution >= 0.6 is 0 Å². The monoisotopic (exact) mass is 374 g/mol. The summed E-state index contributed by atoms with van der Waals surface area (Å²) in [5, 5.41) is 0. The number of sulfonamides is 1. The molecule has 0 N–H and O–H groups in total. The molecule has 0 bridgehead atoms. The van der Waals surface area contributed by atoms with E-state index in [1.54, 1.807) is 44.2 Å². The van der Waals surface area contributed by atoms with Gasteiger partial charge in [-0.1, -0.05) is 48.0 Å². The first-order valence-electron chi connectivity index (χ1n) is 8.62. The first kappa shape index (κ1) is 16.8. The summed E-state index contributed by atoms with van der Waals surface area (Å²) in [5.41, 5.74) is 1.09. The third kappa shape index (κ3) is 2.99. The van der Waals surface area contributed by atoms with E-state index in [2.05, 4.69) is 0 Å². The van der Waals surface area contributed by atoms with Gasteiger partial charge in [-0.15, -0.1) is 0 Å². The summed E-state index contributed by atoms with van der Waals surface area (Å²) >= 11 is 0. The van der Waals surface area contributed by atoms with Crippen LogP contribution in [-0.4, -0.2) is 37.2 Å². The quantitative estimate of drug-likeness (QED) is 0.592. The van der Waals surface area contributed by atoms with Crippen molar-refractivity contribution >= 4 is 21.9 Å². The van der Waals surface area contributed by atoms with E-state index < -0.39 is 33.8 Å². The van der Waals surface area contributed by atoms with Gasteiger partial charge in [0.1, 0.15) is 0 Å². The highest BCUT2D eigenvalue weighted by molar-refractivity contribution is 7.89. The molecule has 1 fully saturated rings. The van der Waals surface area contributed by atoms with E-state index in [0.29, 0.717) is 4.31 Å². The van der Waals surface area contributed by atoms with Crippen LogP contribution in [0.15, 0.2) is 59.5 Å². The molecule has 2 aromatic carbocycles. The molecule has 1 amide bonds. The van der Waals surface area contributed by atoms with Crippen molar-refractivity contribution in [1.82, 2.24) is 4.31 Å². The number of nitrogens with zero attached hydrogens (tertiary/aromatic N) is 1. The van der Waals surface area contributed by atoms with Gasteiger partial charge in [0.25, 0.3) is 10.0 Å². The Bertz CT molecular complexity index is 975. The average molecular weight is 374 g/mol.